The van der Waals surface area contributed by atoms with Gasteiger partial charge in [0.05, 0.1) is 12.5 Å². The highest BCUT2D eigenvalue weighted by molar-refractivity contribution is 5.80. The number of amides is 2. The zero-order valence-electron chi connectivity index (χ0n) is 16.2. The van der Waals surface area contributed by atoms with Crippen molar-refractivity contribution in [2.24, 2.45) is 5.92 Å². The number of unbranched alkanes of at least 4 members (excludes halogenated alkanes) is 2. The van der Waals surface area contributed by atoms with E-state index in [0.29, 0.717) is 35.6 Å². The average molecular weight is 379 g/mol. The summed E-state index contributed by atoms with van der Waals surface area (Å²) in [4.78, 5) is 38.1. The first kappa shape index (κ1) is 20.8. The number of hydroxylamine groups is 2. The lowest BCUT2D eigenvalue weighted by atomic mass is 10.0. The fourth-order valence-electron chi connectivity index (χ4n) is 2.60. The first-order valence-electron chi connectivity index (χ1n) is 9.34. The van der Waals surface area contributed by atoms with E-state index in [9.17, 15) is 14.8 Å². The molecule has 1 aromatic rings. The molecule has 27 heavy (non-hydrogen) atoms. The van der Waals surface area contributed by atoms with Crippen molar-refractivity contribution in [2.75, 3.05) is 31.0 Å². The predicted octanol–water partition coefficient (Wildman–Crippen LogP) is 1.30. The summed E-state index contributed by atoms with van der Waals surface area (Å²) in [7, 11) is 3.68. The largest absolute Gasteiger partial charge is 0.347 e. The van der Waals surface area contributed by atoms with Crippen molar-refractivity contribution in [3.8, 4) is 0 Å². The lowest BCUT2D eigenvalue weighted by Gasteiger charge is -2.20. The predicted molar refractivity (Wildman–Crippen MR) is 100 cm³/mol. The molecule has 0 aliphatic heterocycles. The van der Waals surface area contributed by atoms with Crippen LogP contribution in [0.1, 0.15) is 57.2 Å². The van der Waals surface area contributed by atoms with E-state index < -0.39 is 5.92 Å². The van der Waals surface area contributed by atoms with Crippen molar-refractivity contribution < 1.29 is 14.8 Å². The van der Waals surface area contributed by atoms with Crippen LogP contribution in [0.5, 0.6) is 0 Å². The van der Waals surface area contributed by atoms with Crippen LogP contribution < -0.4 is 15.8 Å². The van der Waals surface area contributed by atoms with E-state index in [1.54, 1.807) is 4.90 Å². The van der Waals surface area contributed by atoms with Gasteiger partial charge in [-0.3, -0.25) is 25.6 Å². The van der Waals surface area contributed by atoms with Crippen LogP contribution in [0.2, 0.25) is 0 Å². The number of nitrogens with zero attached hydrogens (tertiary/aromatic N) is 5. The number of rotatable bonds is 12. The molecule has 2 rings (SSSR count). The fraction of sp³-hybridized carbons (Fsp3) is 0.706. The number of carbonyl (C=O) groups excluding carboxylic acids is 2. The molecule has 0 aromatic carbocycles. The van der Waals surface area contributed by atoms with Crippen LogP contribution in [0.15, 0.2) is 0 Å². The number of hydrogen-bond donors (Lipinski definition) is 3. The quantitative estimate of drug-likeness (QED) is 0.215. The molecule has 1 atom stereocenters. The van der Waals surface area contributed by atoms with Gasteiger partial charge >= 0.3 is 0 Å². The molecule has 1 aromatic heterocycles. The number of hydrazine groups is 1. The van der Waals surface area contributed by atoms with Crippen molar-refractivity contribution in [1.29, 1.82) is 0 Å². The van der Waals surface area contributed by atoms with Gasteiger partial charge in [0.2, 0.25) is 24.2 Å². The summed E-state index contributed by atoms with van der Waals surface area (Å²) < 4.78 is 0. The van der Waals surface area contributed by atoms with Crippen LogP contribution in [0, 0.1) is 5.92 Å². The van der Waals surface area contributed by atoms with Crippen LogP contribution in [0.25, 0.3) is 0 Å². The summed E-state index contributed by atoms with van der Waals surface area (Å²) in [5.41, 5.74) is 5.34. The first-order valence-corrected chi connectivity index (χ1v) is 9.34. The molecule has 0 radical (unpaired) electrons. The minimum Gasteiger partial charge on any atom is -0.347 e. The maximum atomic E-state index is 12.5. The SMILES string of the molecule is CCCCC[C@H](CN(O)C=O)C(=O)NNc1nc(C2CC2)nc(N(C)C)n1. The normalized spacial score (nSPS) is 14.4. The lowest BCUT2D eigenvalue weighted by molar-refractivity contribution is -0.154. The molecule has 0 saturated heterocycles. The summed E-state index contributed by atoms with van der Waals surface area (Å²) in [6.07, 6.45) is 5.81. The van der Waals surface area contributed by atoms with Crippen LogP contribution in [-0.2, 0) is 9.59 Å². The van der Waals surface area contributed by atoms with E-state index in [2.05, 4.69) is 32.7 Å². The van der Waals surface area contributed by atoms with Crippen molar-refractivity contribution in [3.05, 3.63) is 5.82 Å². The van der Waals surface area contributed by atoms with Gasteiger partial charge in [0.1, 0.15) is 5.82 Å². The zero-order valence-corrected chi connectivity index (χ0v) is 16.2. The molecule has 3 N–H and O–H groups in total. The Morgan fingerprint density at radius 2 is 2.04 bits per heavy atom. The third kappa shape index (κ3) is 6.63. The second kappa shape index (κ2) is 10.0. The first-order chi connectivity index (χ1) is 12.9. The lowest BCUT2D eigenvalue weighted by Crippen LogP contribution is -2.40. The molecule has 0 bridgehead atoms. The van der Waals surface area contributed by atoms with E-state index in [1.165, 1.54) is 0 Å². The molecule has 1 aliphatic rings. The highest BCUT2D eigenvalue weighted by Crippen LogP contribution is 2.38. The summed E-state index contributed by atoms with van der Waals surface area (Å²) in [6.45, 7) is 2.01. The summed E-state index contributed by atoms with van der Waals surface area (Å²) in [6, 6.07) is 0. The maximum Gasteiger partial charge on any atom is 0.246 e. The maximum absolute atomic E-state index is 12.5. The molecule has 10 nitrogen and oxygen atoms in total. The van der Waals surface area contributed by atoms with Gasteiger partial charge in [0.25, 0.3) is 0 Å². The Kier molecular flexibility index (Phi) is 7.71. The van der Waals surface area contributed by atoms with E-state index in [4.69, 9.17) is 0 Å². The smallest absolute Gasteiger partial charge is 0.246 e. The van der Waals surface area contributed by atoms with E-state index in [0.717, 1.165) is 32.1 Å². The van der Waals surface area contributed by atoms with Gasteiger partial charge in [-0.1, -0.05) is 26.2 Å². The Labute approximate surface area is 159 Å². The Hall–Kier alpha value is -2.49. The Balaban J connectivity index is 2.01. The number of aromatic nitrogens is 3. The highest BCUT2D eigenvalue weighted by Gasteiger charge is 2.28. The van der Waals surface area contributed by atoms with Crippen LogP contribution in [0.4, 0.5) is 11.9 Å². The monoisotopic (exact) mass is 379 g/mol. The zero-order chi connectivity index (χ0) is 19.8. The molecule has 2 amide bonds. The Morgan fingerprint density at radius 1 is 1.30 bits per heavy atom. The van der Waals surface area contributed by atoms with Crippen molar-refractivity contribution in [1.82, 2.24) is 25.4 Å². The van der Waals surface area contributed by atoms with Gasteiger partial charge in [-0.15, -0.1) is 0 Å². The van der Waals surface area contributed by atoms with Crippen LogP contribution >= 0.6 is 0 Å². The van der Waals surface area contributed by atoms with E-state index in [-0.39, 0.29) is 18.4 Å². The third-order valence-corrected chi connectivity index (χ3v) is 4.34. The number of carbonyl (C=O) groups is 2. The molecule has 0 unspecified atom stereocenters. The molecule has 0 spiro atoms. The van der Waals surface area contributed by atoms with E-state index in [1.807, 2.05) is 14.1 Å². The topological polar surface area (TPSA) is 124 Å². The molecule has 1 heterocycles. The van der Waals surface area contributed by atoms with Gasteiger partial charge in [-0.05, 0) is 19.3 Å². The molecule has 1 fully saturated rings. The van der Waals surface area contributed by atoms with Gasteiger partial charge in [-0.25, -0.2) is 5.06 Å². The standard InChI is InChI=1S/C17H29N7O3/c1-4-5-6-7-13(10-24(27)11-25)15(26)21-22-16-18-14(12-8-9-12)19-17(20-16)23(2)3/h11-13,27H,4-10H2,1-3H3,(H,21,26)(H,18,19,20,22)/t13-/m1/s1. The average Bonchev–Trinajstić information content (AvgIpc) is 3.50. The third-order valence-electron chi connectivity index (χ3n) is 4.34. The summed E-state index contributed by atoms with van der Waals surface area (Å²) >= 11 is 0. The van der Waals surface area contributed by atoms with Crippen molar-refractivity contribution in [3.63, 3.8) is 0 Å². The Morgan fingerprint density at radius 3 is 2.63 bits per heavy atom. The van der Waals surface area contributed by atoms with Gasteiger partial charge in [-0.2, -0.15) is 15.0 Å². The molecule has 10 heteroatoms. The number of nitrogens with one attached hydrogen (secondary N) is 2. The minimum absolute atomic E-state index is 0.0613. The van der Waals surface area contributed by atoms with E-state index >= 15 is 0 Å². The minimum atomic E-state index is -0.530. The summed E-state index contributed by atoms with van der Waals surface area (Å²) in [5.74, 6) is 0.995. The van der Waals surface area contributed by atoms with Crippen LogP contribution in [-0.4, -0.2) is 58.2 Å². The summed E-state index contributed by atoms with van der Waals surface area (Å²) in [5, 5.41) is 9.94. The molecular formula is C17H29N7O3. The van der Waals surface area contributed by atoms with Crippen molar-refractivity contribution >= 4 is 24.2 Å². The van der Waals surface area contributed by atoms with Gasteiger partial charge in [0.15, 0.2) is 0 Å². The molecule has 150 valence electrons. The Bertz CT molecular complexity index is 617. The van der Waals surface area contributed by atoms with Crippen LogP contribution in [0.3, 0.4) is 0 Å². The fourth-order valence-corrected chi connectivity index (χ4v) is 2.60. The molecular weight excluding hydrogens is 350 g/mol. The highest BCUT2D eigenvalue weighted by atomic mass is 16.5. The van der Waals surface area contributed by atoms with Crippen molar-refractivity contribution in [2.45, 2.75) is 51.4 Å². The molecule has 1 saturated carbocycles. The second-order valence-corrected chi connectivity index (χ2v) is 7.02. The molecule has 1 aliphatic carbocycles. The number of anilines is 2. The van der Waals surface area contributed by atoms with Gasteiger partial charge in [0, 0.05) is 20.0 Å². The van der Waals surface area contributed by atoms with Gasteiger partial charge < -0.3 is 4.90 Å². The second-order valence-electron chi connectivity index (χ2n) is 7.02. The number of hydrogen-bond acceptors (Lipinski definition) is 8.